The Morgan fingerprint density at radius 1 is 1.38 bits per heavy atom. The number of rotatable bonds is 3. The first-order valence-electron chi connectivity index (χ1n) is 7.15. The Morgan fingerprint density at radius 2 is 2.10 bits per heavy atom. The molecular formula is C14H23N3O3S. The predicted molar refractivity (Wildman–Crippen MR) is 82.6 cm³/mol. The van der Waals surface area contributed by atoms with Crippen molar-refractivity contribution in [1.82, 2.24) is 9.21 Å². The molecule has 0 saturated carbocycles. The second-order valence-electron chi connectivity index (χ2n) is 5.51. The molecule has 0 aliphatic carbocycles. The number of phenols is 1. The monoisotopic (exact) mass is 313 g/mol. The summed E-state index contributed by atoms with van der Waals surface area (Å²) >= 11 is 0. The largest absolute Gasteiger partial charge is 0.506 e. The van der Waals surface area contributed by atoms with Gasteiger partial charge in [0.05, 0.1) is 10.6 Å². The minimum atomic E-state index is -3.59. The fraction of sp³-hybridized carbons (Fsp3) is 0.571. The Balaban J connectivity index is 2.38. The number of hydrogen-bond acceptors (Lipinski definition) is 5. The van der Waals surface area contributed by atoms with Crippen LogP contribution in [0.4, 0.5) is 5.69 Å². The van der Waals surface area contributed by atoms with E-state index in [0.29, 0.717) is 6.54 Å². The van der Waals surface area contributed by atoms with Crippen LogP contribution in [0.15, 0.2) is 23.1 Å². The highest BCUT2D eigenvalue weighted by atomic mass is 32.2. The lowest BCUT2D eigenvalue weighted by Crippen LogP contribution is -2.43. The molecule has 21 heavy (non-hydrogen) atoms. The van der Waals surface area contributed by atoms with E-state index in [4.69, 9.17) is 5.73 Å². The average Bonchev–Trinajstić information content (AvgIpc) is 2.63. The molecule has 118 valence electrons. The van der Waals surface area contributed by atoms with Crippen LogP contribution in [0.25, 0.3) is 0 Å². The average molecular weight is 313 g/mol. The van der Waals surface area contributed by atoms with E-state index >= 15 is 0 Å². The zero-order chi connectivity index (χ0) is 15.6. The molecule has 1 heterocycles. The quantitative estimate of drug-likeness (QED) is 0.644. The summed E-state index contributed by atoms with van der Waals surface area (Å²) in [6.07, 6.45) is 1.57. The van der Waals surface area contributed by atoms with Crippen molar-refractivity contribution in [2.45, 2.75) is 30.7 Å². The molecule has 0 spiro atoms. The highest BCUT2D eigenvalue weighted by Gasteiger charge is 2.32. The van der Waals surface area contributed by atoms with Gasteiger partial charge in [-0.05, 0) is 44.6 Å². The molecule has 0 aromatic heterocycles. The summed E-state index contributed by atoms with van der Waals surface area (Å²) in [7, 11) is -1.58. The van der Waals surface area contributed by atoms with Gasteiger partial charge in [-0.3, -0.25) is 0 Å². The molecule has 1 fully saturated rings. The van der Waals surface area contributed by atoms with Crippen LogP contribution in [0.3, 0.4) is 0 Å². The summed E-state index contributed by atoms with van der Waals surface area (Å²) in [6.45, 7) is 4.12. The minimum absolute atomic E-state index is 0.0440. The third-order valence-corrected chi connectivity index (χ3v) is 5.87. The number of aromatic hydroxyl groups is 1. The van der Waals surface area contributed by atoms with Crippen LogP contribution < -0.4 is 5.73 Å². The van der Waals surface area contributed by atoms with Gasteiger partial charge in [0.2, 0.25) is 10.0 Å². The Labute approximate surface area is 126 Å². The molecule has 2 rings (SSSR count). The van der Waals surface area contributed by atoms with Crippen LogP contribution in [0.2, 0.25) is 0 Å². The first-order chi connectivity index (χ1) is 9.86. The van der Waals surface area contributed by atoms with Gasteiger partial charge in [0, 0.05) is 19.1 Å². The topological polar surface area (TPSA) is 86.9 Å². The van der Waals surface area contributed by atoms with Crippen molar-refractivity contribution in [3.8, 4) is 5.75 Å². The molecule has 1 aliphatic heterocycles. The fourth-order valence-electron chi connectivity index (χ4n) is 2.70. The number of benzene rings is 1. The van der Waals surface area contributed by atoms with E-state index in [1.54, 1.807) is 4.31 Å². The van der Waals surface area contributed by atoms with Gasteiger partial charge in [-0.15, -0.1) is 0 Å². The molecule has 1 atom stereocenters. The summed E-state index contributed by atoms with van der Waals surface area (Å²) in [5.74, 6) is -0.100. The summed E-state index contributed by atoms with van der Waals surface area (Å²) in [6, 6.07) is 4.01. The lowest BCUT2D eigenvalue weighted by Gasteiger charge is -2.29. The summed E-state index contributed by atoms with van der Waals surface area (Å²) in [4.78, 5) is 2.30. The van der Waals surface area contributed by atoms with Crippen LogP contribution >= 0.6 is 0 Å². The second kappa shape index (κ2) is 6.21. The van der Waals surface area contributed by atoms with Gasteiger partial charge in [0.1, 0.15) is 5.75 Å². The van der Waals surface area contributed by atoms with Crippen LogP contribution in [0.5, 0.6) is 5.75 Å². The van der Waals surface area contributed by atoms with Crippen molar-refractivity contribution in [3.05, 3.63) is 18.2 Å². The van der Waals surface area contributed by atoms with Gasteiger partial charge in [-0.2, -0.15) is 4.31 Å². The molecule has 1 unspecified atom stereocenters. The van der Waals surface area contributed by atoms with Gasteiger partial charge in [0.15, 0.2) is 0 Å². The Bertz CT molecular complexity index is 603. The molecule has 7 heteroatoms. The van der Waals surface area contributed by atoms with Crippen LogP contribution in [0.1, 0.15) is 19.8 Å². The maximum Gasteiger partial charge on any atom is 0.243 e. The highest BCUT2D eigenvalue weighted by Crippen LogP contribution is 2.27. The fourth-order valence-corrected chi connectivity index (χ4v) is 4.46. The van der Waals surface area contributed by atoms with Crippen molar-refractivity contribution in [1.29, 1.82) is 0 Å². The number of nitrogen functional groups attached to an aromatic ring is 1. The summed E-state index contributed by atoms with van der Waals surface area (Å²) in [5, 5.41) is 9.46. The molecular weight excluding hydrogens is 290 g/mol. The maximum absolute atomic E-state index is 12.8. The van der Waals surface area contributed by atoms with Crippen molar-refractivity contribution >= 4 is 15.7 Å². The van der Waals surface area contributed by atoms with Crippen molar-refractivity contribution in [3.63, 3.8) is 0 Å². The Hall–Kier alpha value is -1.31. The molecule has 1 aliphatic rings. The zero-order valence-corrected chi connectivity index (χ0v) is 13.3. The molecule has 0 amide bonds. The Kier molecular flexibility index (Phi) is 4.75. The van der Waals surface area contributed by atoms with Crippen molar-refractivity contribution in [2.24, 2.45) is 0 Å². The number of nitrogens with zero attached hydrogens (tertiary/aromatic N) is 2. The first kappa shape index (κ1) is 16.1. The number of hydrogen-bond donors (Lipinski definition) is 2. The summed E-state index contributed by atoms with van der Waals surface area (Å²) in [5.41, 5.74) is 5.71. The predicted octanol–water partition coefficient (Wildman–Crippen LogP) is 1.08. The van der Waals surface area contributed by atoms with Crippen LogP contribution in [-0.2, 0) is 10.0 Å². The molecule has 0 bridgehead atoms. The van der Waals surface area contributed by atoms with E-state index in [9.17, 15) is 13.5 Å². The molecule has 1 saturated heterocycles. The zero-order valence-electron chi connectivity index (χ0n) is 12.5. The third-order valence-electron chi connectivity index (χ3n) is 3.92. The molecule has 1 aromatic carbocycles. The van der Waals surface area contributed by atoms with E-state index in [2.05, 4.69) is 4.90 Å². The van der Waals surface area contributed by atoms with Gasteiger partial charge < -0.3 is 15.7 Å². The first-order valence-corrected chi connectivity index (χ1v) is 8.59. The normalized spacial score (nSPS) is 22.1. The van der Waals surface area contributed by atoms with Gasteiger partial charge in [-0.25, -0.2) is 8.42 Å². The third kappa shape index (κ3) is 3.30. The molecule has 3 N–H and O–H groups in total. The molecule has 0 radical (unpaired) electrons. The number of sulfonamides is 1. The number of nitrogens with two attached hydrogens (primary N) is 1. The number of phenolic OH excluding ortho intramolecular Hbond substituents is 1. The Morgan fingerprint density at radius 3 is 2.71 bits per heavy atom. The molecule has 6 nitrogen and oxygen atoms in total. The lowest BCUT2D eigenvalue weighted by molar-refractivity contribution is 0.270. The SMILES string of the molecule is CCC1CN(C)CCCN1S(=O)(=O)c1ccc(O)c(N)c1. The summed E-state index contributed by atoms with van der Waals surface area (Å²) < 4.78 is 27.3. The van der Waals surface area contributed by atoms with E-state index in [-0.39, 0.29) is 22.4 Å². The smallest absolute Gasteiger partial charge is 0.243 e. The molecule has 1 aromatic rings. The second-order valence-corrected chi connectivity index (χ2v) is 7.40. The highest BCUT2D eigenvalue weighted by molar-refractivity contribution is 7.89. The van der Waals surface area contributed by atoms with E-state index < -0.39 is 10.0 Å². The standard InChI is InChI=1S/C14H23N3O3S/c1-3-11-10-16(2)7-4-8-17(11)21(19,20)12-5-6-14(18)13(15)9-12/h5-6,9,11,18H,3-4,7-8,10,15H2,1-2H3. The van der Waals surface area contributed by atoms with Crippen molar-refractivity contribution < 1.29 is 13.5 Å². The maximum atomic E-state index is 12.8. The van der Waals surface area contributed by atoms with Gasteiger partial charge >= 0.3 is 0 Å². The van der Waals surface area contributed by atoms with E-state index in [1.165, 1.54) is 18.2 Å². The van der Waals surface area contributed by atoms with Crippen LogP contribution in [0, 0.1) is 0 Å². The van der Waals surface area contributed by atoms with E-state index in [1.807, 2.05) is 14.0 Å². The minimum Gasteiger partial charge on any atom is -0.506 e. The van der Waals surface area contributed by atoms with Crippen molar-refractivity contribution in [2.75, 3.05) is 32.4 Å². The number of likely N-dealkylation sites (N-methyl/N-ethyl adjacent to an activating group) is 1. The van der Waals surface area contributed by atoms with Gasteiger partial charge in [-0.1, -0.05) is 6.92 Å². The van der Waals surface area contributed by atoms with Gasteiger partial charge in [0.25, 0.3) is 0 Å². The lowest BCUT2D eigenvalue weighted by atomic mass is 10.2. The van der Waals surface area contributed by atoms with Crippen LogP contribution in [-0.4, -0.2) is 55.5 Å². The van der Waals surface area contributed by atoms with E-state index in [0.717, 1.165) is 25.9 Å². The number of anilines is 1.